The van der Waals surface area contributed by atoms with Crippen LogP contribution in [0.2, 0.25) is 0 Å². The number of carbonyl (C=O) groups excluding carboxylic acids is 6. The molecule has 5 atom stereocenters. The minimum Gasteiger partial charge on any atom is -0.493 e. The Morgan fingerprint density at radius 2 is 1.71 bits per heavy atom. The van der Waals surface area contributed by atoms with Crippen LogP contribution in [0.3, 0.4) is 0 Å². The molecular formula is C35H44N6O8. The van der Waals surface area contributed by atoms with E-state index in [1.807, 2.05) is 18.2 Å². The molecule has 0 spiro atoms. The fraction of sp³-hybridized carbons (Fsp3) is 0.486. The van der Waals surface area contributed by atoms with Gasteiger partial charge in [-0.3, -0.25) is 28.8 Å². The van der Waals surface area contributed by atoms with E-state index < -0.39 is 72.9 Å². The molecule has 3 heterocycles. The molecule has 5 N–H and O–H groups in total. The van der Waals surface area contributed by atoms with Gasteiger partial charge in [-0.15, -0.1) is 0 Å². The van der Waals surface area contributed by atoms with E-state index in [0.717, 1.165) is 34.6 Å². The molecular weight excluding hydrogens is 632 g/mol. The highest BCUT2D eigenvalue weighted by Crippen LogP contribution is 2.26. The maximum absolute atomic E-state index is 14.4. The van der Waals surface area contributed by atoms with Crippen molar-refractivity contribution >= 4 is 35.4 Å². The molecule has 0 radical (unpaired) electrons. The number of aryl methyl sites for hydroxylation is 1. The molecule has 2 fully saturated rings. The fourth-order valence-electron chi connectivity index (χ4n) is 6.48. The number of likely N-dealkylation sites (N-methyl/N-ethyl adjacent to an activating group) is 1. The van der Waals surface area contributed by atoms with Crippen molar-refractivity contribution in [2.45, 2.75) is 69.7 Å². The van der Waals surface area contributed by atoms with Crippen molar-refractivity contribution in [2.75, 3.05) is 33.4 Å². The van der Waals surface area contributed by atoms with Crippen molar-refractivity contribution in [3.05, 3.63) is 65.2 Å². The lowest BCUT2D eigenvalue weighted by Crippen LogP contribution is -2.58. The van der Waals surface area contributed by atoms with E-state index in [-0.39, 0.29) is 31.2 Å². The molecule has 0 aliphatic carbocycles. The zero-order chi connectivity index (χ0) is 35.2. The molecule has 49 heavy (non-hydrogen) atoms. The first-order valence-corrected chi connectivity index (χ1v) is 16.6. The monoisotopic (exact) mass is 676 g/mol. The van der Waals surface area contributed by atoms with Gasteiger partial charge in [0.05, 0.1) is 19.8 Å². The molecule has 2 saturated heterocycles. The van der Waals surface area contributed by atoms with Crippen LogP contribution >= 0.6 is 0 Å². The number of aliphatic hydroxyl groups excluding tert-OH is 1. The van der Waals surface area contributed by atoms with E-state index in [9.17, 15) is 33.9 Å². The number of benzene rings is 2. The van der Waals surface area contributed by atoms with Gasteiger partial charge in [0.2, 0.25) is 29.5 Å². The highest BCUT2D eigenvalue weighted by Gasteiger charge is 2.44. The van der Waals surface area contributed by atoms with Crippen molar-refractivity contribution < 1.29 is 38.6 Å². The minimum absolute atomic E-state index is 0.0141. The molecule has 3 aliphatic heterocycles. The van der Waals surface area contributed by atoms with Gasteiger partial charge in [0.1, 0.15) is 29.9 Å². The third-order valence-corrected chi connectivity index (χ3v) is 9.11. The van der Waals surface area contributed by atoms with E-state index in [0.29, 0.717) is 12.2 Å². The molecule has 5 rings (SSSR count). The van der Waals surface area contributed by atoms with Gasteiger partial charge >= 0.3 is 0 Å². The van der Waals surface area contributed by atoms with Crippen LogP contribution in [-0.4, -0.2) is 114 Å². The van der Waals surface area contributed by atoms with Gasteiger partial charge in [0, 0.05) is 31.6 Å². The molecule has 0 aromatic heterocycles. The van der Waals surface area contributed by atoms with Crippen LogP contribution in [0.5, 0.6) is 5.75 Å². The van der Waals surface area contributed by atoms with Crippen LogP contribution in [0.4, 0.5) is 0 Å². The van der Waals surface area contributed by atoms with Gasteiger partial charge in [-0.2, -0.15) is 0 Å². The van der Waals surface area contributed by atoms with Gasteiger partial charge < -0.3 is 40.9 Å². The summed E-state index contributed by atoms with van der Waals surface area (Å²) in [6, 6.07) is 8.86. The third kappa shape index (κ3) is 8.37. The zero-order valence-electron chi connectivity index (χ0n) is 27.9. The summed E-state index contributed by atoms with van der Waals surface area (Å²) in [5, 5.41) is 21.1. The first-order valence-electron chi connectivity index (χ1n) is 16.6. The van der Waals surface area contributed by atoms with Crippen molar-refractivity contribution in [1.29, 1.82) is 0 Å². The second-order valence-corrected chi connectivity index (χ2v) is 13.2. The molecule has 0 unspecified atom stereocenters. The van der Waals surface area contributed by atoms with Gasteiger partial charge in [-0.05, 0) is 54.5 Å². The number of aliphatic hydroxyl groups is 1. The number of carbonyl (C=O) groups is 6. The van der Waals surface area contributed by atoms with E-state index in [1.165, 1.54) is 11.9 Å². The Bertz CT molecular complexity index is 1580. The molecule has 0 bridgehead atoms. The summed E-state index contributed by atoms with van der Waals surface area (Å²) in [6.45, 7) is 2.85. The summed E-state index contributed by atoms with van der Waals surface area (Å²) in [5.41, 5.74) is 2.08. The Balaban J connectivity index is 1.47. The Hall–Kier alpha value is -4.98. The largest absolute Gasteiger partial charge is 0.493 e. The van der Waals surface area contributed by atoms with E-state index in [4.69, 9.17) is 4.74 Å². The highest BCUT2D eigenvalue weighted by atomic mass is 16.5. The lowest BCUT2D eigenvalue weighted by atomic mass is 10.0. The Labute approximate surface area is 284 Å². The van der Waals surface area contributed by atoms with Crippen LogP contribution in [0.25, 0.3) is 0 Å². The van der Waals surface area contributed by atoms with E-state index >= 15 is 0 Å². The molecule has 2 aromatic carbocycles. The average Bonchev–Trinajstić information content (AvgIpc) is 3.51. The van der Waals surface area contributed by atoms with Crippen LogP contribution in [0.15, 0.2) is 48.5 Å². The van der Waals surface area contributed by atoms with Crippen LogP contribution < -0.4 is 26.0 Å². The molecule has 14 nitrogen and oxygen atoms in total. The first-order chi connectivity index (χ1) is 23.4. The second-order valence-electron chi connectivity index (χ2n) is 13.2. The van der Waals surface area contributed by atoms with E-state index in [2.05, 4.69) is 21.3 Å². The van der Waals surface area contributed by atoms with Crippen LogP contribution in [0, 0.1) is 5.92 Å². The predicted molar refractivity (Wildman–Crippen MR) is 177 cm³/mol. The van der Waals surface area contributed by atoms with Crippen LogP contribution in [-0.2, 0) is 36.8 Å². The number of nitrogens with one attached hydrogen (secondary N) is 4. The topological polar surface area (TPSA) is 186 Å². The number of nitrogens with zero attached hydrogens (tertiary/aromatic N) is 2. The number of rotatable bonds is 6. The van der Waals surface area contributed by atoms with Crippen LogP contribution in [0.1, 0.15) is 48.2 Å². The smallest absolute Gasteiger partial charge is 0.251 e. The number of hydrogen-bond acceptors (Lipinski definition) is 8. The van der Waals surface area contributed by atoms with Gasteiger partial charge in [0.25, 0.3) is 5.91 Å². The summed E-state index contributed by atoms with van der Waals surface area (Å²) in [7, 11) is 1.35. The zero-order valence-corrected chi connectivity index (χ0v) is 27.9. The normalized spacial score (nSPS) is 25.2. The maximum Gasteiger partial charge on any atom is 0.251 e. The number of hydrogen-bond donors (Lipinski definition) is 5. The number of amides is 6. The van der Waals surface area contributed by atoms with E-state index in [1.54, 1.807) is 44.2 Å². The van der Waals surface area contributed by atoms with Gasteiger partial charge in [-0.1, -0.05) is 44.2 Å². The standard InChI is InChI=1S/C35H44N6O8/c1-20(2)30-33(46)37-25(14-21-8-5-4-6-9-21)35(48)41-17-24(36-31(44)23-11-12-28-22(15-23)10-7-13-49-28)16-27(41)32(45)38-26(19-42)34(47)40(3)18-29(43)39-30/h4-6,8-9,11-12,15,20,24-27,30,42H,7,10,13-14,16-19H2,1-3H3,(H,36,44)(H,37,46)(H,38,45)(H,39,43)/t24-,25-,26-,27-,30+/m0/s1. The summed E-state index contributed by atoms with van der Waals surface area (Å²) in [5.74, 6) is -3.28. The summed E-state index contributed by atoms with van der Waals surface area (Å²) >= 11 is 0. The minimum atomic E-state index is -1.40. The average molecular weight is 677 g/mol. The Morgan fingerprint density at radius 1 is 0.980 bits per heavy atom. The molecule has 3 aliphatic rings. The Morgan fingerprint density at radius 3 is 2.43 bits per heavy atom. The van der Waals surface area contributed by atoms with Gasteiger partial charge in [-0.25, -0.2) is 0 Å². The first kappa shape index (κ1) is 35.3. The number of fused-ring (bicyclic) bond motifs is 2. The highest BCUT2D eigenvalue weighted by molar-refractivity contribution is 5.98. The molecule has 6 amide bonds. The quantitative estimate of drug-likeness (QED) is 0.272. The summed E-state index contributed by atoms with van der Waals surface area (Å²) in [6.07, 6.45) is 1.72. The third-order valence-electron chi connectivity index (χ3n) is 9.11. The maximum atomic E-state index is 14.4. The lowest BCUT2D eigenvalue weighted by molar-refractivity contribution is -0.143. The van der Waals surface area contributed by atoms with Crippen molar-refractivity contribution in [1.82, 2.24) is 31.1 Å². The lowest BCUT2D eigenvalue weighted by Gasteiger charge is -2.30. The SMILES string of the molecule is CC(C)[C@H]1NC(=O)CN(C)C(=O)[C@H](CO)NC(=O)[C@@H]2C[C@H](NC(=O)c3ccc4c(c3)CCCO4)CN2C(=O)[C@H](Cc2ccccc2)NC1=O. The summed E-state index contributed by atoms with van der Waals surface area (Å²) < 4.78 is 5.67. The molecule has 0 saturated carbocycles. The molecule has 2 aromatic rings. The number of ether oxygens (including phenoxy) is 1. The van der Waals surface area contributed by atoms with Gasteiger partial charge in [0.15, 0.2) is 0 Å². The van der Waals surface area contributed by atoms with Crippen molar-refractivity contribution in [3.8, 4) is 5.75 Å². The Kier molecular flexibility index (Phi) is 11.2. The predicted octanol–water partition coefficient (Wildman–Crippen LogP) is -0.472. The molecule has 262 valence electrons. The van der Waals surface area contributed by atoms with Crippen molar-refractivity contribution in [2.24, 2.45) is 5.92 Å². The fourth-order valence-corrected chi connectivity index (χ4v) is 6.48. The van der Waals surface area contributed by atoms with Crippen molar-refractivity contribution in [3.63, 3.8) is 0 Å². The second kappa shape index (κ2) is 15.5. The molecule has 14 heteroatoms. The summed E-state index contributed by atoms with van der Waals surface area (Å²) in [4.78, 5) is 83.9.